The van der Waals surface area contributed by atoms with Gasteiger partial charge in [-0.05, 0) is 34.9 Å². The number of hydrogen-bond acceptors (Lipinski definition) is 5. The summed E-state index contributed by atoms with van der Waals surface area (Å²) in [5.74, 6) is 0.471. The van der Waals surface area contributed by atoms with Crippen molar-refractivity contribution < 1.29 is 23.9 Å². The first-order valence-electron chi connectivity index (χ1n) is 10.1. The van der Waals surface area contributed by atoms with Crippen molar-refractivity contribution in [3.63, 3.8) is 0 Å². The maximum absolute atomic E-state index is 13.3. The molecule has 2 heterocycles. The molecule has 0 saturated heterocycles. The monoisotopic (exact) mass is 423 g/mol. The Labute approximate surface area is 180 Å². The second-order valence-electron chi connectivity index (χ2n) is 7.65. The van der Waals surface area contributed by atoms with Gasteiger partial charge in [0.05, 0.1) is 14.2 Å². The molecule has 31 heavy (non-hydrogen) atoms. The molecule has 0 fully saturated rings. The molecule has 0 spiro atoms. The van der Waals surface area contributed by atoms with Gasteiger partial charge in [0.1, 0.15) is 12.6 Å². The molecule has 0 aliphatic carbocycles. The number of methoxy groups -OCH3 is 2. The highest BCUT2D eigenvalue weighted by molar-refractivity contribution is 6.00. The van der Waals surface area contributed by atoms with Gasteiger partial charge in [0.15, 0.2) is 11.5 Å². The van der Waals surface area contributed by atoms with Crippen molar-refractivity contribution in [1.82, 2.24) is 15.1 Å². The minimum atomic E-state index is -0.664. The van der Waals surface area contributed by atoms with E-state index >= 15 is 0 Å². The van der Waals surface area contributed by atoms with E-state index in [4.69, 9.17) is 9.47 Å². The maximum Gasteiger partial charge on any atom is 0.254 e. The molecule has 1 unspecified atom stereocenters. The Bertz CT molecular complexity index is 1050. The van der Waals surface area contributed by atoms with Crippen molar-refractivity contribution in [2.24, 2.45) is 0 Å². The number of ether oxygens (including phenoxy) is 2. The second kappa shape index (κ2) is 8.29. The van der Waals surface area contributed by atoms with E-state index in [0.717, 1.165) is 16.7 Å². The first-order valence-corrected chi connectivity index (χ1v) is 10.1. The summed E-state index contributed by atoms with van der Waals surface area (Å²) in [6.07, 6.45) is 0.356. The molecule has 2 aliphatic rings. The fourth-order valence-corrected chi connectivity index (χ4v) is 4.27. The zero-order chi connectivity index (χ0) is 22.1. The number of carbonyl (C=O) groups is 3. The molecule has 162 valence electrons. The van der Waals surface area contributed by atoms with Gasteiger partial charge in [0.2, 0.25) is 11.8 Å². The van der Waals surface area contributed by atoms with E-state index < -0.39 is 6.04 Å². The lowest BCUT2D eigenvalue weighted by atomic mass is 9.92. The minimum Gasteiger partial charge on any atom is -0.493 e. The van der Waals surface area contributed by atoms with Crippen LogP contribution in [0.4, 0.5) is 0 Å². The largest absolute Gasteiger partial charge is 0.493 e. The first kappa shape index (κ1) is 20.7. The predicted molar refractivity (Wildman–Crippen MR) is 113 cm³/mol. The van der Waals surface area contributed by atoms with E-state index in [1.54, 1.807) is 32.2 Å². The molecule has 2 aromatic carbocycles. The summed E-state index contributed by atoms with van der Waals surface area (Å²) < 4.78 is 10.8. The molecule has 0 bridgehead atoms. The smallest absolute Gasteiger partial charge is 0.254 e. The van der Waals surface area contributed by atoms with Crippen LogP contribution in [0.5, 0.6) is 11.5 Å². The molecule has 2 aromatic rings. The molecular formula is C23H25N3O5. The van der Waals surface area contributed by atoms with Crippen molar-refractivity contribution in [2.45, 2.75) is 25.6 Å². The highest BCUT2D eigenvalue weighted by Crippen LogP contribution is 2.35. The number of likely N-dealkylation sites (N-methyl/N-ethyl adjacent to an activating group) is 1. The van der Waals surface area contributed by atoms with E-state index in [9.17, 15) is 14.4 Å². The molecule has 0 saturated carbocycles. The molecule has 2 aliphatic heterocycles. The van der Waals surface area contributed by atoms with E-state index in [1.807, 2.05) is 30.3 Å². The van der Waals surface area contributed by atoms with E-state index in [-0.39, 0.29) is 30.8 Å². The Morgan fingerprint density at radius 3 is 2.35 bits per heavy atom. The zero-order valence-corrected chi connectivity index (χ0v) is 17.8. The van der Waals surface area contributed by atoms with Crippen molar-refractivity contribution in [3.05, 3.63) is 58.7 Å². The van der Waals surface area contributed by atoms with E-state index in [1.165, 1.54) is 4.90 Å². The van der Waals surface area contributed by atoms with Gasteiger partial charge >= 0.3 is 0 Å². The zero-order valence-electron chi connectivity index (χ0n) is 17.8. The van der Waals surface area contributed by atoms with Crippen molar-refractivity contribution >= 4 is 17.7 Å². The van der Waals surface area contributed by atoms with Crippen LogP contribution >= 0.6 is 0 Å². The summed E-state index contributed by atoms with van der Waals surface area (Å²) in [6.45, 7) is 0.562. The van der Waals surface area contributed by atoms with Crippen LogP contribution in [0.25, 0.3) is 0 Å². The van der Waals surface area contributed by atoms with Crippen LogP contribution in [0, 0.1) is 0 Å². The SMILES string of the molecule is CNC(=O)C1Cc2cc(OC)c(OC)cc2CN1C(=O)CN1Cc2ccccc2C1=O. The average Bonchev–Trinajstić information content (AvgIpc) is 3.11. The minimum absolute atomic E-state index is 0.0797. The fourth-order valence-electron chi connectivity index (χ4n) is 4.27. The summed E-state index contributed by atoms with van der Waals surface area (Å²) in [5, 5.41) is 2.65. The van der Waals surface area contributed by atoms with Crippen LogP contribution in [0.2, 0.25) is 0 Å². The third-order valence-corrected chi connectivity index (χ3v) is 5.93. The van der Waals surface area contributed by atoms with Gasteiger partial charge in [-0.25, -0.2) is 0 Å². The highest BCUT2D eigenvalue weighted by atomic mass is 16.5. The van der Waals surface area contributed by atoms with Gasteiger partial charge < -0.3 is 24.6 Å². The Morgan fingerprint density at radius 2 is 1.71 bits per heavy atom. The van der Waals surface area contributed by atoms with Gasteiger partial charge in [-0.2, -0.15) is 0 Å². The van der Waals surface area contributed by atoms with E-state index in [2.05, 4.69) is 5.32 Å². The third kappa shape index (κ3) is 3.69. The van der Waals surface area contributed by atoms with Gasteiger partial charge in [-0.1, -0.05) is 18.2 Å². The second-order valence-corrected chi connectivity index (χ2v) is 7.65. The number of hydrogen-bond donors (Lipinski definition) is 1. The summed E-state index contributed by atoms with van der Waals surface area (Å²) in [6, 6.07) is 10.4. The van der Waals surface area contributed by atoms with Crippen molar-refractivity contribution in [2.75, 3.05) is 27.8 Å². The quantitative estimate of drug-likeness (QED) is 0.785. The number of carbonyl (C=O) groups excluding carboxylic acids is 3. The topological polar surface area (TPSA) is 88.2 Å². The number of benzene rings is 2. The van der Waals surface area contributed by atoms with Gasteiger partial charge in [0, 0.05) is 32.1 Å². The molecule has 0 radical (unpaired) electrons. The summed E-state index contributed by atoms with van der Waals surface area (Å²) in [7, 11) is 4.67. The van der Waals surface area contributed by atoms with Crippen LogP contribution in [0.15, 0.2) is 36.4 Å². The lowest BCUT2D eigenvalue weighted by Crippen LogP contribution is -2.54. The molecule has 1 atom stereocenters. The third-order valence-electron chi connectivity index (χ3n) is 5.93. The van der Waals surface area contributed by atoms with Gasteiger partial charge in [0.25, 0.3) is 5.91 Å². The fraction of sp³-hybridized carbons (Fsp3) is 0.348. The van der Waals surface area contributed by atoms with Crippen LogP contribution < -0.4 is 14.8 Å². The van der Waals surface area contributed by atoms with Crippen LogP contribution in [-0.2, 0) is 29.1 Å². The Hall–Kier alpha value is -3.55. The highest BCUT2D eigenvalue weighted by Gasteiger charge is 2.37. The van der Waals surface area contributed by atoms with E-state index in [0.29, 0.717) is 30.0 Å². The molecule has 0 aromatic heterocycles. The number of fused-ring (bicyclic) bond motifs is 2. The Balaban J connectivity index is 1.59. The summed E-state index contributed by atoms with van der Waals surface area (Å²) in [5.41, 5.74) is 3.35. The lowest BCUT2D eigenvalue weighted by molar-refractivity contribution is -0.142. The maximum atomic E-state index is 13.3. The van der Waals surface area contributed by atoms with Gasteiger partial charge in [-0.15, -0.1) is 0 Å². The van der Waals surface area contributed by atoms with Crippen molar-refractivity contribution in [3.8, 4) is 11.5 Å². The normalized spacial score (nSPS) is 17.1. The Morgan fingerprint density at radius 1 is 1.03 bits per heavy atom. The molecule has 4 rings (SSSR count). The van der Waals surface area contributed by atoms with Crippen LogP contribution in [-0.4, -0.2) is 61.4 Å². The standard InChI is InChI=1S/C23H25N3O5/c1-24-22(28)18-8-15-9-19(30-2)20(31-3)10-16(15)12-26(18)21(27)13-25-11-14-6-4-5-7-17(14)23(25)29/h4-7,9-10,18H,8,11-13H2,1-3H3,(H,24,28). The summed E-state index contributed by atoms with van der Waals surface area (Å²) in [4.78, 5) is 41.6. The summed E-state index contributed by atoms with van der Waals surface area (Å²) >= 11 is 0. The Kier molecular flexibility index (Phi) is 5.54. The average molecular weight is 423 g/mol. The molecular weight excluding hydrogens is 398 g/mol. The van der Waals surface area contributed by atoms with Crippen molar-refractivity contribution in [1.29, 1.82) is 0 Å². The molecule has 1 N–H and O–H groups in total. The predicted octanol–water partition coefficient (Wildman–Crippen LogP) is 1.36. The van der Waals surface area contributed by atoms with Crippen LogP contribution in [0.1, 0.15) is 27.0 Å². The number of amides is 3. The molecule has 8 heteroatoms. The lowest BCUT2D eigenvalue weighted by Gasteiger charge is -2.37. The number of rotatable bonds is 5. The van der Waals surface area contributed by atoms with Gasteiger partial charge in [-0.3, -0.25) is 14.4 Å². The molecule has 8 nitrogen and oxygen atoms in total. The number of nitrogens with zero attached hydrogens (tertiary/aromatic N) is 2. The number of nitrogens with one attached hydrogen (secondary N) is 1. The van der Waals surface area contributed by atoms with Crippen LogP contribution in [0.3, 0.4) is 0 Å². The molecule has 3 amide bonds. The first-order chi connectivity index (χ1) is 15.0.